The van der Waals surface area contributed by atoms with E-state index in [0.717, 1.165) is 5.56 Å². The van der Waals surface area contributed by atoms with Crippen molar-refractivity contribution in [3.05, 3.63) is 78.9 Å². The number of hydrogen-bond donors (Lipinski definition) is 1. The van der Waals surface area contributed by atoms with Crippen LogP contribution in [0.15, 0.2) is 78.2 Å². The van der Waals surface area contributed by atoms with Crippen LogP contribution in [-0.4, -0.2) is 19.6 Å². The summed E-state index contributed by atoms with van der Waals surface area (Å²) in [5.74, 6) is -0.0961. The van der Waals surface area contributed by atoms with E-state index in [1.807, 2.05) is 30.3 Å². The van der Waals surface area contributed by atoms with E-state index in [0.29, 0.717) is 17.7 Å². The van der Waals surface area contributed by atoms with Crippen LogP contribution in [0.25, 0.3) is 0 Å². The second-order valence-electron chi connectivity index (χ2n) is 6.44. The van der Waals surface area contributed by atoms with Crippen molar-refractivity contribution in [3.8, 4) is 0 Å². The fourth-order valence-corrected chi connectivity index (χ4v) is 6.02. The van der Waals surface area contributed by atoms with Gasteiger partial charge in [-0.2, -0.15) is 0 Å². The third kappa shape index (κ3) is 2.70. The minimum Gasteiger partial charge on any atom is -0.393 e. The maximum Gasteiger partial charge on any atom is 0.188 e. The molecule has 0 saturated heterocycles. The summed E-state index contributed by atoms with van der Waals surface area (Å²) in [6, 6.07) is 17.8. The molecule has 0 heterocycles. The van der Waals surface area contributed by atoms with Crippen molar-refractivity contribution in [2.24, 2.45) is 5.92 Å². The molecule has 0 aliphatic heterocycles. The van der Waals surface area contributed by atoms with Gasteiger partial charge in [-0.25, -0.2) is 8.42 Å². The molecule has 4 heteroatoms. The SMILES string of the molecule is C=CC[C@@H]1C[C@](c2ccccc2)(S(=O)(=O)c2ccccc2)C[C@H]1O. The highest BCUT2D eigenvalue weighted by Crippen LogP contribution is 2.51. The Morgan fingerprint density at radius 1 is 1.04 bits per heavy atom. The average Bonchev–Trinajstić information content (AvgIpc) is 2.95. The Bertz CT molecular complexity index is 799. The highest BCUT2D eigenvalue weighted by Gasteiger charge is 2.54. The van der Waals surface area contributed by atoms with E-state index in [9.17, 15) is 13.5 Å². The Hall–Kier alpha value is -1.91. The van der Waals surface area contributed by atoms with Gasteiger partial charge in [0.2, 0.25) is 0 Å². The molecule has 1 aliphatic rings. The molecule has 3 atom stereocenters. The smallest absolute Gasteiger partial charge is 0.188 e. The van der Waals surface area contributed by atoms with Gasteiger partial charge in [0.05, 0.1) is 11.0 Å². The van der Waals surface area contributed by atoms with Gasteiger partial charge in [-0.1, -0.05) is 54.6 Å². The predicted molar refractivity (Wildman–Crippen MR) is 95.3 cm³/mol. The highest BCUT2D eigenvalue weighted by atomic mass is 32.2. The van der Waals surface area contributed by atoms with Crippen molar-refractivity contribution in [2.75, 3.05) is 0 Å². The number of sulfone groups is 1. The van der Waals surface area contributed by atoms with E-state index in [1.54, 1.807) is 36.4 Å². The first-order valence-electron chi connectivity index (χ1n) is 8.15. The maximum absolute atomic E-state index is 13.5. The molecule has 126 valence electrons. The Labute approximate surface area is 143 Å². The molecule has 0 unspecified atom stereocenters. The van der Waals surface area contributed by atoms with Crippen LogP contribution in [-0.2, 0) is 14.6 Å². The quantitative estimate of drug-likeness (QED) is 0.843. The first kappa shape index (κ1) is 16.9. The summed E-state index contributed by atoms with van der Waals surface area (Å²) in [6.45, 7) is 3.74. The Balaban J connectivity index is 2.16. The van der Waals surface area contributed by atoms with Gasteiger partial charge >= 0.3 is 0 Å². The molecule has 2 aromatic carbocycles. The van der Waals surface area contributed by atoms with Gasteiger partial charge in [0.15, 0.2) is 9.84 Å². The molecule has 24 heavy (non-hydrogen) atoms. The molecular formula is C20H22O3S. The fraction of sp³-hybridized carbons (Fsp3) is 0.300. The van der Waals surface area contributed by atoms with Crippen LogP contribution in [0.2, 0.25) is 0 Å². The molecule has 0 aromatic heterocycles. The molecule has 3 rings (SSSR count). The molecule has 1 saturated carbocycles. The molecule has 3 nitrogen and oxygen atoms in total. The Morgan fingerprint density at radius 3 is 2.21 bits per heavy atom. The first-order valence-corrected chi connectivity index (χ1v) is 9.64. The van der Waals surface area contributed by atoms with E-state index in [1.165, 1.54) is 0 Å². The highest BCUT2D eigenvalue weighted by molar-refractivity contribution is 7.92. The topological polar surface area (TPSA) is 54.4 Å². The number of rotatable bonds is 5. The average molecular weight is 342 g/mol. The van der Waals surface area contributed by atoms with Crippen LogP contribution in [0.4, 0.5) is 0 Å². The lowest BCUT2D eigenvalue weighted by atomic mass is 9.94. The summed E-state index contributed by atoms with van der Waals surface area (Å²) >= 11 is 0. The lowest BCUT2D eigenvalue weighted by Gasteiger charge is -2.30. The van der Waals surface area contributed by atoms with E-state index in [-0.39, 0.29) is 12.3 Å². The summed E-state index contributed by atoms with van der Waals surface area (Å²) in [7, 11) is -3.63. The number of aliphatic hydroxyl groups is 1. The zero-order chi connectivity index (χ0) is 17.2. The zero-order valence-electron chi connectivity index (χ0n) is 13.5. The van der Waals surface area contributed by atoms with Crippen LogP contribution >= 0.6 is 0 Å². The van der Waals surface area contributed by atoms with Crippen LogP contribution in [0, 0.1) is 5.92 Å². The van der Waals surface area contributed by atoms with Gasteiger partial charge in [0.1, 0.15) is 4.75 Å². The Morgan fingerprint density at radius 2 is 1.62 bits per heavy atom. The number of benzene rings is 2. The van der Waals surface area contributed by atoms with Gasteiger partial charge in [0, 0.05) is 0 Å². The largest absolute Gasteiger partial charge is 0.393 e. The van der Waals surface area contributed by atoms with Gasteiger partial charge in [-0.3, -0.25) is 0 Å². The molecule has 0 radical (unpaired) electrons. The third-order valence-electron chi connectivity index (χ3n) is 5.01. The molecule has 2 aromatic rings. The van der Waals surface area contributed by atoms with Crippen LogP contribution in [0.5, 0.6) is 0 Å². The van der Waals surface area contributed by atoms with E-state index in [4.69, 9.17) is 0 Å². The molecular weight excluding hydrogens is 320 g/mol. The van der Waals surface area contributed by atoms with Crippen molar-refractivity contribution >= 4 is 9.84 Å². The predicted octanol–water partition coefficient (Wildman–Crippen LogP) is 3.70. The van der Waals surface area contributed by atoms with E-state index >= 15 is 0 Å². The number of aliphatic hydroxyl groups excluding tert-OH is 1. The number of allylic oxidation sites excluding steroid dienone is 1. The second kappa shape index (κ2) is 6.54. The van der Waals surface area contributed by atoms with Gasteiger partial charge in [-0.05, 0) is 42.9 Å². The molecule has 1 aliphatic carbocycles. The molecule has 0 amide bonds. The van der Waals surface area contributed by atoms with E-state index in [2.05, 4.69) is 6.58 Å². The summed E-state index contributed by atoms with van der Waals surface area (Å²) in [4.78, 5) is 0.306. The summed E-state index contributed by atoms with van der Waals surface area (Å²) in [5, 5.41) is 10.5. The molecule has 0 bridgehead atoms. The Kier molecular flexibility index (Phi) is 4.61. The van der Waals surface area contributed by atoms with Crippen molar-refractivity contribution in [3.63, 3.8) is 0 Å². The van der Waals surface area contributed by atoms with Crippen molar-refractivity contribution < 1.29 is 13.5 Å². The normalized spacial score (nSPS) is 27.0. The first-order chi connectivity index (χ1) is 11.5. The third-order valence-corrected chi connectivity index (χ3v) is 7.50. The van der Waals surface area contributed by atoms with Crippen molar-refractivity contribution in [1.82, 2.24) is 0 Å². The van der Waals surface area contributed by atoms with Gasteiger partial charge in [0.25, 0.3) is 0 Å². The molecule has 0 spiro atoms. The van der Waals surface area contributed by atoms with Crippen molar-refractivity contribution in [2.45, 2.75) is 35.0 Å². The zero-order valence-corrected chi connectivity index (χ0v) is 14.3. The maximum atomic E-state index is 13.5. The monoisotopic (exact) mass is 342 g/mol. The standard InChI is InChI=1S/C20H22O3S/c1-2-9-16-14-20(15-19(16)21,17-10-5-3-6-11-17)24(22,23)18-12-7-4-8-13-18/h2-8,10-13,16,19,21H,1,9,14-15H2/t16-,19-,20+/m1/s1. The van der Waals surface area contributed by atoms with Crippen molar-refractivity contribution in [1.29, 1.82) is 0 Å². The summed E-state index contributed by atoms with van der Waals surface area (Å²) < 4.78 is 25.9. The minimum atomic E-state index is -3.63. The van der Waals surface area contributed by atoms with Gasteiger partial charge < -0.3 is 5.11 Å². The lowest BCUT2D eigenvalue weighted by molar-refractivity contribution is 0.133. The van der Waals surface area contributed by atoms with Crippen LogP contribution in [0.3, 0.4) is 0 Å². The molecule has 1 N–H and O–H groups in total. The molecule has 1 fully saturated rings. The van der Waals surface area contributed by atoms with Gasteiger partial charge in [-0.15, -0.1) is 6.58 Å². The lowest BCUT2D eigenvalue weighted by Crippen LogP contribution is -2.34. The van der Waals surface area contributed by atoms with E-state index < -0.39 is 20.7 Å². The fourth-order valence-electron chi connectivity index (χ4n) is 3.78. The second-order valence-corrected chi connectivity index (χ2v) is 8.70. The minimum absolute atomic E-state index is 0.0961. The summed E-state index contributed by atoms with van der Waals surface area (Å²) in [6.07, 6.45) is 2.33. The van der Waals surface area contributed by atoms with Crippen LogP contribution < -0.4 is 0 Å². The number of hydrogen-bond acceptors (Lipinski definition) is 3. The summed E-state index contributed by atoms with van der Waals surface area (Å²) in [5.41, 5.74) is 0.750. The van der Waals surface area contributed by atoms with Crippen LogP contribution in [0.1, 0.15) is 24.8 Å².